The maximum atomic E-state index is 9.48. The van der Waals surface area contributed by atoms with E-state index in [1.165, 1.54) is 0 Å². The van der Waals surface area contributed by atoms with Crippen molar-refractivity contribution >= 4 is 11.6 Å². The van der Waals surface area contributed by atoms with Crippen LogP contribution in [0.25, 0.3) is 0 Å². The van der Waals surface area contributed by atoms with E-state index in [2.05, 4.69) is 20.2 Å². The number of para-hydroxylation sites is 1. The van der Waals surface area contributed by atoms with Gasteiger partial charge < -0.3 is 24.8 Å². The zero-order valence-electron chi connectivity index (χ0n) is 13.3. The van der Waals surface area contributed by atoms with E-state index in [1.54, 1.807) is 6.33 Å². The van der Waals surface area contributed by atoms with Crippen molar-refractivity contribution in [2.45, 2.75) is 25.4 Å². The molecule has 3 heterocycles. The molecule has 2 aliphatic rings. The van der Waals surface area contributed by atoms with E-state index < -0.39 is 0 Å². The van der Waals surface area contributed by atoms with Crippen molar-refractivity contribution in [2.75, 3.05) is 30.2 Å². The van der Waals surface area contributed by atoms with Crippen molar-refractivity contribution in [1.29, 1.82) is 0 Å². The predicted molar refractivity (Wildman–Crippen MR) is 89.4 cm³/mol. The number of hydrogen-bond donors (Lipinski definition) is 2. The number of hydrogen-bond acceptors (Lipinski definition) is 7. The molecule has 2 aromatic rings. The molecule has 0 spiro atoms. The fraction of sp³-hybridized carbons (Fsp3) is 0.412. The molecule has 4 rings (SSSR count). The fourth-order valence-electron chi connectivity index (χ4n) is 3.24. The molecule has 1 saturated heterocycles. The van der Waals surface area contributed by atoms with Crippen LogP contribution < -0.4 is 19.7 Å². The van der Waals surface area contributed by atoms with Gasteiger partial charge in [0.05, 0.1) is 12.6 Å². The molecule has 0 radical (unpaired) electrons. The van der Waals surface area contributed by atoms with Crippen LogP contribution in [0.3, 0.4) is 0 Å². The van der Waals surface area contributed by atoms with Crippen LogP contribution in [0, 0.1) is 0 Å². The summed E-state index contributed by atoms with van der Waals surface area (Å²) >= 11 is 0. The average Bonchev–Trinajstić information content (AvgIpc) is 3.29. The molecular formula is C17H20N4O3. The second-order valence-corrected chi connectivity index (χ2v) is 5.94. The number of aliphatic hydroxyl groups is 1. The van der Waals surface area contributed by atoms with Crippen molar-refractivity contribution in [1.82, 2.24) is 9.97 Å². The van der Waals surface area contributed by atoms with Crippen LogP contribution in [-0.2, 0) is 6.54 Å². The van der Waals surface area contributed by atoms with E-state index in [1.807, 2.05) is 24.3 Å². The minimum Gasteiger partial charge on any atom is -0.454 e. The van der Waals surface area contributed by atoms with E-state index in [0.717, 1.165) is 48.1 Å². The SMILES string of the molecule is OC[C@@H]1CCCN1c1cc(NCc2cccc3c2OCO3)ncn1. The number of aliphatic hydroxyl groups excluding tert-OH is 1. The molecule has 1 fully saturated rings. The van der Waals surface area contributed by atoms with Gasteiger partial charge in [0, 0.05) is 24.7 Å². The molecule has 0 aliphatic carbocycles. The van der Waals surface area contributed by atoms with Gasteiger partial charge in [-0.25, -0.2) is 9.97 Å². The highest BCUT2D eigenvalue weighted by Gasteiger charge is 2.25. The number of nitrogens with one attached hydrogen (secondary N) is 1. The Morgan fingerprint density at radius 2 is 2.25 bits per heavy atom. The summed E-state index contributed by atoms with van der Waals surface area (Å²) in [5, 5.41) is 12.8. The summed E-state index contributed by atoms with van der Waals surface area (Å²) in [6, 6.07) is 7.93. The van der Waals surface area contributed by atoms with E-state index in [9.17, 15) is 5.11 Å². The molecule has 7 nitrogen and oxygen atoms in total. The molecule has 126 valence electrons. The van der Waals surface area contributed by atoms with Gasteiger partial charge in [-0.15, -0.1) is 0 Å². The monoisotopic (exact) mass is 328 g/mol. The minimum atomic E-state index is 0.149. The molecule has 1 aromatic carbocycles. The van der Waals surface area contributed by atoms with Crippen LogP contribution in [-0.4, -0.2) is 41.1 Å². The molecule has 0 saturated carbocycles. The Bertz CT molecular complexity index is 725. The third-order valence-electron chi connectivity index (χ3n) is 4.47. The molecule has 0 unspecified atom stereocenters. The first-order valence-corrected chi connectivity index (χ1v) is 8.16. The summed E-state index contributed by atoms with van der Waals surface area (Å²) in [5.74, 6) is 3.17. The smallest absolute Gasteiger partial charge is 0.231 e. The summed E-state index contributed by atoms with van der Waals surface area (Å²) in [7, 11) is 0. The first-order valence-electron chi connectivity index (χ1n) is 8.16. The lowest BCUT2D eigenvalue weighted by molar-refractivity contribution is 0.173. The lowest BCUT2D eigenvalue weighted by Crippen LogP contribution is -2.32. The lowest BCUT2D eigenvalue weighted by Gasteiger charge is -2.24. The zero-order chi connectivity index (χ0) is 16.4. The van der Waals surface area contributed by atoms with Gasteiger partial charge in [0.15, 0.2) is 11.5 Å². The average molecular weight is 328 g/mol. The van der Waals surface area contributed by atoms with Gasteiger partial charge >= 0.3 is 0 Å². The third kappa shape index (κ3) is 2.82. The molecule has 1 atom stereocenters. The Labute approximate surface area is 140 Å². The summed E-state index contributed by atoms with van der Waals surface area (Å²) < 4.78 is 10.9. The Morgan fingerprint density at radius 1 is 1.29 bits per heavy atom. The fourth-order valence-corrected chi connectivity index (χ4v) is 3.24. The standard InChI is InChI=1S/C17H20N4O3/c22-9-13-4-2-6-21(13)16-7-15(19-10-20-16)18-8-12-3-1-5-14-17(12)24-11-23-14/h1,3,5,7,10,13,22H,2,4,6,8-9,11H2,(H,18,19,20)/t13-/m0/s1. The highest BCUT2D eigenvalue weighted by atomic mass is 16.7. The molecule has 1 aromatic heterocycles. The van der Waals surface area contributed by atoms with Crippen LogP contribution in [0.4, 0.5) is 11.6 Å². The van der Waals surface area contributed by atoms with E-state index in [0.29, 0.717) is 6.54 Å². The topological polar surface area (TPSA) is 79.7 Å². The van der Waals surface area contributed by atoms with Gasteiger partial charge in [-0.2, -0.15) is 0 Å². The van der Waals surface area contributed by atoms with Gasteiger partial charge in [-0.1, -0.05) is 12.1 Å². The highest BCUT2D eigenvalue weighted by Crippen LogP contribution is 2.35. The maximum Gasteiger partial charge on any atom is 0.231 e. The Kier molecular flexibility index (Phi) is 4.08. The van der Waals surface area contributed by atoms with Crippen molar-refractivity contribution in [2.24, 2.45) is 0 Å². The quantitative estimate of drug-likeness (QED) is 0.866. The summed E-state index contributed by atoms with van der Waals surface area (Å²) in [6.45, 7) is 1.92. The van der Waals surface area contributed by atoms with Crippen molar-refractivity contribution < 1.29 is 14.6 Å². The first-order chi connectivity index (χ1) is 11.8. The van der Waals surface area contributed by atoms with Gasteiger partial charge in [0.1, 0.15) is 18.0 Å². The number of benzene rings is 1. The number of ether oxygens (including phenoxy) is 2. The van der Waals surface area contributed by atoms with Crippen LogP contribution in [0.5, 0.6) is 11.5 Å². The molecule has 2 aliphatic heterocycles. The van der Waals surface area contributed by atoms with Crippen LogP contribution in [0.2, 0.25) is 0 Å². The van der Waals surface area contributed by atoms with Crippen molar-refractivity contribution in [3.05, 3.63) is 36.2 Å². The maximum absolute atomic E-state index is 9.48. The summed E-state index contributed by atoms with van der Waals surface area (Å²) in [5.41, 5.74) is 1.03. The second kappa shape index (κ2) is 6.52. The number of nitrogens with zero attached hydrogens (tertiary/aromatic N) is 3. The minimum absolute atomic E-state index is 0.149. The molecular weight excluding hydrogens is 308 g/mol. The second-order valence-electron chi connectivity index (χ2n) is 5.94. The van der Waals surface area contributed by atoms with Crippen molar-refractivity contribution in [3.8, 4) is 11.5 Å². The first kappa shape index (κ1) is 15.0. The lowest BCUT2D eigenvalue weighted by atomic mass is 10.2. The molecule has 2 N–H and O–H groups in total. The molecule has 0 amide bonds. The van der Waals surface area contributed by atoms with Crippen molar-refractivity contribution in [3.63, 3.8) is 0 Å². The largest absolute Gasteiger partial charge is 0.454 e. The Balaban J connectivity index is 1.48. The molecule has 0 bridgehead atoms. The third-order valence-corrected chi connectivity index (χ3v) is 4.47. The summed E-state index contributed by atoms with van der Waals surface area (Å²) in [4.78, 5) is 10.8. The number of anilines is 2. The van der Waals surface area contributed by atoms with E-state index in [-0.39, 0.29) is 19.4 Å². The van der Waals surface area contributed by atoms with Crippen LogP contribution in [0.15, 0.2) is 30.6 Å². The van der Waals surface area contributed by atoms with Gasteiger partial charge in [-0.05, 0) is 18.9 Å². The van der Waals surface area contributed by atoms with E-state index in [4.69, 9.17) is 9.47 Å². The van der Waals surface area contributed by atoms with Gasteiger partial charge in [0.25, 0.3) is 0 Å². The van der Waals surface area contributed by atoms with Crippen LogP contribution >= 0.6 is 0 Å². The Hall–Kier alpha value is -2.54. The predicted octanol–water partition coefficient (Wildman–Crippen LogP) is 1.78. The van der Waals surface area contributed by atoms with Gasteiger partial charge in [0.2, 0.25) is 6.79 Å². The highest BCUT2D eigenvalue weighted by molar-refractivity contribution is 5.52. The molecule has 7 heteroatoms. The number of aromatic nitrogens is 2. The summed E-state index contributed by atoms with van der Waals surface area (Å²) in [6.07, 6.45) is 3.63. The number of rotatable bonds is 5. The normalized spacial score (nSPS) is 18.9. The van der Waals surface area contributed by atoms with Gasteiger partial charge in [-0.3, -0.25) is 0 Å². The zero-order valence-corrected chi connectivity index (χ0v) is 13.3. The van der Waals surface area contributed by atoms with E-state index >= 15 is 0 Å². The van der Waals surface area contributed by atoms with Crippen LogP contribution in [0.1, 0.15) is 18.4 Å². The Morgan fingerprint density at radius 3 is 3.17 bits per heavy atom. The molecule has 24 heavy (non-hydrogen) atoms. The number of fused-ring (bicyclic) bond motifs is 1.